The van der Waals surface area contributed by atoms with E-state index in [0.717, 1.165) is 5.56 Å². The molecule has 1 aromatic heterocycles. The molecule has 0 radical (unpaired) electrons. The van der Waals surface area contributed by atoms with E-state index in [9.17, 15) is 14.5 Å². The van der Waals surface area contributed by atoms with Crippen LogP contribution in [0.1, 0.15) is 37.2 Å². The minimum atomic E-state index is -4.69. The van der Waals surface area contributed by atoms with Gasteiger partial charge in [0.15, 0.2) is 0 Å². The van der Waals surface area contributed by atoms with Crippen molar-refractivity contribution in [2.75, 3.05) is 18.9 Å². The lowest BCUT2D eigenvalue weighted by Crippen LogP contribution is -2.22. The van der Waals surface area contributed by atoms with Gasteiger partial charge >= 0.3 is 7.82 Å². The van der Waals surface area contributed by atoms with Crippen molar-refractivity contribution in [1.82, 2.24) is 14.9 Å². The molecular formula is C23H31N4O7PS. The number of phosphoric acid groups is 1. The number of amides is 1. The maximum atomic E-state index is 11.9. The molecule has 1 heterocycles. The van der Waals surface area contributed by atoms with Gasteiger partial charge in [0.05, 0.1) is 24.8 Å². The van der Waals surface area contributed by atoms with Crippen LogP contribution in [-0.4, -0.2) is 54.4 Å². The molecule has 0 bridgehead atoms. The molecule has 0 aliphatic heterocycles. The van der Waals surface area contributed by atoms with E-state index in [-0.39, 0.29) is 30.4 Å². The molecule has 36 heavy (non-hydrogen) atoms. The van der Waals surface area contributed by atoms with Crippen LogP contribution in [0, 0.1) is 6.92 Å². The zero-order valence-corrected chi connectivity index (χ0v) is 22.0. The van der Waals surface area contributed by atoms with Gasteiger partial charge in [-0.3, -0.25) is 9.32 Å². The summed E-state index contributed by atoms with van der Waals surface area (Å²) in [5.41, 5.74) is 7.70. The first-order chi connectivity index (χ1) is 17.0. The Hall–Kier alpha value is -2.86. The summed E-state index contributed by atoms with van der Waals surface area (Å²) in [4.78, 5) is 40.0. The molecule has 11 nitrogen and oxygen atoms in total. The van der Waals surface area contributed by atoms with Gasteiger partial charge in [-0.25, -0.2) is 14.5 Å². The van der Waals surface area contributed by atoms with Crippen molar-refractivity contribution >= 4 is 42.5 Å². The maximum absolute atomic E-state index is 11.9. The molecule has 0 unspecified atom stereocenters. The van der Waals surface area contributed by atoms with Crippen molar-refractivity contribution in [2.45, 2.75) is 33.7 Å². The van der Waals surface area contributed by atoms with Crippen LogP contribution in [0.5, 0.6) is 5.75 Å². The Morgan fingerprint density at radius 1 is 1.31 bits per heavy atom. The highest BCUT2D eigenvalue weighted by Gasteiger charge is 2.16. The van der Waals surface area contributed by atoms with Crippen molar-refractivity contribution in [3.05, 3.63) is 64.1 Å². The fourth-order valence-corrected chi connectivity index (χ4v) is 4.29. The number of rotatable bonds is 13. The predicted molar refractivity (Wildman–Crippen MR) is 141 cm³/mol. The minimum absolute atomic E-state index is 0.0378. The average molecular weight is 539 g/mol. The van der Waals surface area contributed by atoms with Gasteiger partial charge in [0.2, 0.25) is 6.41 Å². The molecule has 0 saturated carbocycles. The average Bonchev–Trinajstić information content (AvgIpc) is 2.81. The number of anilines is 1. The number of nitrogen functional groups attached to an aromatic ring is 1. The second-order valence-electron chi connectivity index (χ2n) is 7.44. The molecular weight excluding hydrogens is 507 g/mol. The molecule has 0 fully saturated rings. The highest BCUT2D eigenvalue weighted by atomic mass is 32.1. The molecule has 0 aliphatic rings. The van der Waals surface area contributed by atoms with E-state index in [4.69, 9.17) is 20.3 Å². The Kier molecular flexibility index (Phi) is 11.4. The molecule has 0 atom stereocenters. The van der Waals surface area contributed by atoms with Gasteiger partial charge in [-0.2, -0.15) is 0 Å². The van der Waals surface area contributed by atoms with Gasteiger partial charge in [0.1, 0.15) is 17.4 Å². The van der Waals surface area contributed by atoms with Crippen molar-refractivity contribution in [3.63, 3.8) is 0 Å². The number of phosphoric ester groups is 1. The Morgan fingerprint density at radius 3 is 2.67 bits per heavy atom. The molecule has 0 saturated heterocycles. The third-order valence-corrected chi connectivity index (χ3v) is 6.53. The number of carbonyl (C=O) groups is 1. The van der Waals surface area contributed by atoms with Crippen LogP contribution in [0.3, 0.4) is 0 Å². The van der Waals surface area contributed by atoms with Crippen LogP contribution in [-0.2, 0) is 20.4 Å². The number of para-hydroxylation sites is 1. The van der Waals surface area contributed by atoms with Gasteiger partial charge in [-0.1, -0.05) is 18.2 Å². The quantitative estimate of drug-likeness (QED) is 0.0838. The summed E-state index contributed by atoms with van der Waals surface area (Å²) in [6.45, 7) is 5.45. The molecule has 1 aromatic carbocycles. The van der Waals surface area contributed by atoms with Crippen LogP contribution in [0.15, 0.2) is 47.1 Å². The monoisotopic (exact) mass is 538 g/mol. The lowest BCUT2D eigenvalue weighted by molar-refractivity contribution is -0.116. The number of aliphatic hydroxyl groups is 1. The highest BCUT2D eigenvalue weighted by Crippen LogP contribution is 2.36. The fraction of sp³-hybridized carbons (Fsp3) is 0.304. The van der Waals surface area contributed by atoms with Crippen LogP contribution in [0.4, 0.5) is 5.82 Å². The van der Waals surface area contributed by atoms with E-state index in [1.807, 2.05) is 31.2 Å². The number of thiol groups is 1. The standard InChI is InChI=1S/C23H31N4O7PS/c1-4-33-20-8-6-5-7-18(20)9-10-22(29)36-21(11-12-34-35(30,31)32)16(2)27(15-28)14-19-13-25-17(3)26-23(19)24/h5-10,13,15,29,36H,4,11-12,14H2,1-3H3,(H2,24,25,26)(H2,30,31,32)/b10-9+,21-16-. The zero-order chi connectivity index (χ0) is 26.7. The van der Waals surface area contributed by atoms with Crippen molar-refractivity contribution in [3.8, 4) is 5.75 Å². The normalized spacial score (nSPS) is 13.2. The van der Waals surface area contributed by atoms with E-state index in [1.54, 1.807) is 19.9 Å². The maximum Gasteiger partial charge on any atom is 0.469 e. The lowest BCUT2D eigenvalue weighted by atomic mass is 10.2. The first-order valence-electron chi connectivity index (χ1n) is 10.9. The summed E-state index contributed by atoms with van der Waals surface area (Å²) in [6.07, 6.45) is 5.34. The number of allylic oxidation sites excluding steroid dienone is 1. The molecule has 0 spiro atoms. The smallest absolute Gasteiger partial charge is 0.469 e. The zero-order valence-electron chi connectivity index (χ0n) is 20.2. The van der Waals surface area contributed by atoms with Crippen LogP contribution < -0.4 is 10.5 Å². The van der Waals surface area contributed by atoms with E-state index >= 15 is 0 Å². The number of hydrogen-bond acceptors (Lipinski definition) is 7. The second-order valence-corrected chi connectivity index (χ2v) is 9.90. The Bertz CT molecular complexity index is 1200. The number of ether oxygens (including phenoxy) is 1. The summed E-state index contributed by atoms with van der Waals surface area (Å²) in [5, 5.41) is 10.6. The largest absolute Gasteiger partial charge is 0.493 e. The topological polar surface area (TPSA) is 168 Å². The van der Waals surface area contributed by atoms with Crippen LogP contribution in [0.2, 0.25) is 0 Å². The van der Waals surface area contributed by atoms with Crippen LogP contribution >= 0.6 is 19.2 Å². The SMILES string of the molecule is CCOc1ccccc1/C=C/C(O)=[SH]\C(CCOP(=O)(O)O)=C(\C)N(C=O)Cc1cnc(C)nc1N. The van der Waals surface area contributed by atoms with Gasteiger partial charge < -0.3 is 30.3 Å². The number of carbonyl (C=O) groups excluding carboxylic acids is 1. The summed E-state index contributed by atoms with van der Waals surface area (Å²) in [7, 11) is -4.69. The summed E-state index contributed by atoms with van der Waals surface area (Å²) in [6, 6.07) is 7.34. The molecule has 0 aliphatic carbocycles. The van der Waals surface area contributed by atoms with E-state index in [2.05, 4.69) is 14.5 Å². The summed E-state index contributed by atoms with van der Waals surface area (Å²) < 4.78 is 21.3. The highest BCUT2D eigenvalue weighted by molar-refractivity contribution is 8.02. The molecule has 2 rings (SSSR count). The van der Waals surface area contributed by atoms with Gasteiger partial charge in [0.25, 0.3) is 0 Å². The van der Waals surface area contributed by atoms with Crippen molar-refractivity contribution in [2.24, 2.45) is 0 Å². The lowest BCUT2D eigenvalue weighted by Gasteiger charge is -2.22. The van der Waals surface area contributed by atoms with Gasteiger partial charge in [0, 0.05) is 34.3 Å². The number of benzene rings is 1. The first-order valence-corrected chi connectivity index (χ1v) is 13.3. The second kappa shape index (κ2) is 14.0. The minimum Gasteiger partial charge on any atom is -0.493 e. The van der Waals surface area contributed by atoms with E-state index in [1.165, 1.54) is 17.2 Å². The third-order valence-electron chi connectivity index (χ3n) is 4.81. The van der Waals surface area contributed by atoms with Crippen molar-refractivity contribution < 1.29 is 33.5 Å². The number of nitrogens with two attached hydrogens (primary N) is 1. The van der Waals surface area contributed by atoms with Crippen LogP contribution in [0.25, 0.3) is 6.08 Å². The Balaban J connectivity index is 2.38. The Labute approximate surface area is 213 Å². The number of aryl methyl sites for hydroxylation is 1. The number of hydrogen-bond donors (Lipinski definition) is 5. The van der Waals surface area contributed by atoms with Crippen molar-refractivity contribution in [1.29, 1.82) is 0 Å². The summed E-state index contributed by atoms with van der Waals surface area (Å²) in [5.74, 6) is 1.39. The molecule has 5 N–H and O–H groups in total. The van der Waals surface area contributed by atoms with E-state index < -0.39 is 7.82 Å². The number of nitrogens with zero attached hydrogens (tertiary/aromatic N) is 3. The van der Waals surface area contributed by atoms with Gasteiger partial charge in [-0.15, -0.1) is 11.4 Å². The number of aromatic nitrogens is 2. The first kappa shape index (κ1) is 29.4. The third kappa shape index (κ3) is 9.65. The molecule has 2 aromatic rings. The Morgan fingerprint density at radius 2 is 2.03 bits per heavy atom. The fourth-order valence-electron chi connectivity index (χ4n) is 3.04. The molecule has 1 amide bonds. The molecule has 13 heteroatoms. The van der Waals surface area contributed by atoms with Gasteiger partial charge in [-0.05, 0) is 39.0 Å². The number of aliphatic hydroxyl groups excluding tert-OH is 1. The predicted octanol–water partition coefficient (Wildman–Crippen LogP) is 3.32. The molecule has 196 valence electrons. The van der Waals surface area contributed by atoms with E-state index in [0.29, 0.717) is 52.1 Å². The summed E-state index contributed by atoms with van der Waals surface area (Å²) >= 11 is 0.316.